The van der Waals surface area contributed by atoms with E-state index < -0.39 is 54.4 Å². The SMILES string of the molecule is [O-][Ti]([O-])([O-])[O-].[O-][Ti]([O-])([O-])[O-].[O-][Ti]([O-])([O-])[O-].[V+3].[V+3].[V+3].[V+3]. The smallest absolute Gasteiger partial charge is 3.00 e. The summed E-state index contributed by atoms with van der Waals surface area (Å²) in [6.45, 7) is 0. The van der Waals surface area contributed by atoms with Gasteiger partial charge in [-0.2, -0.15) is 0 Å². The Bertz CT molecular complexity index is 100.0. The molecule has 0 spiro atoms. The van der Waals surface area contributed by atoms with E-state index in [1.165, 1.54) is 0 Å². The Labute approximate surface area is 170 Å². The molecule has 0 aromatic carbocycles. The fourth-order valence-corrected chi connectivity index (χ4v) is 0. The second-order valence-electron chi connectivity index (χ2n) is 1.50. The van der Waals surface area contributed by atoms with Crippen molar-refractivity contribution in [2.75, 3.05) is 0 Å². The van der Waals surface area contributed by atoms with Crippen LogP contribution in [0.25, 0.3) is 0 Å². The van der Waals surface area contributed by atoms with Crippen molar-refractivity contribution in [3.05, 3.63) is 0 Å². The van der Waals surface area contributed by atoms with Crippen molar-refractivity contribution < 1.29 is 173 Å². The largest absolute Gasteiger partial charge is 3.00 e. The Morgan fingerprint density at radius 2 is 0.263 bits per heavy atom. The Hall–Kier alpha value is 4.00. The van der Waals surface area contributed by atoms with E-state index in [1.54, 1.807) is 0 Å². The first-order valence-electron chi connectivity index (χ1n) is 2.45. The van der Waals surface area contributed by atoms with E-state index in [1.807, 2.05) is 0 Å². The van der Waals surface area contributed by atoms with E-state index in [2.05, 4.69) is 0 Å². The molecule has 0 heterocycles. The monoisotopic (exact) mass is 540 g/mol. The third-order valence-electron chi connectivity index (χ3n) is 0. The van der Waals surface area contributed by atoms with Crippen molar-refractivity contribution in [2.45, 2.75) is 0 Å². The number of rotatable bonds is 0. The van der Waals surface area contributed by atoms with Gasteiger partial charge in [0.05, 0.1) is 0 Å². The van der Waals surface area contributed by atoms with Gasteiger partial charge < -0.3 is 0 Å². The molecule has 0 aromatic rings. The standard InChI is InChI=1S/12O.3Ti.4V/q12*-1;;;;4*+3. The van der Waals surface area contributed by atoms with Crippen molar-refractivity contribution in [1.82, 2.24) is 0 Å². The minimum Gasteiger partial charge on any atom is 3.00 e. The molecule has 0 amide bonds. The molecule has 0 aliphatic rings. The van der Waals surface area contributed by atoms with E-state index in [-0.39, 0.29) is 74.2 Å². The summed E-state index contributed by atoms with van der Waals surface area (Å²) in [5.41, 5.74) is 0. The van der Waals surface area contributed by atoms with Gasteiger partial charge in [0.2, 0.25) is 0 Å². The van der Waals surface area contributed by atoms with Crippen molar-refractivity contribution in [1.29, 1.82) is 0 Å². The molecule has 0 rings (SSSR count). The zero-order chi connectivity index (χ0) is 13.5. The maximum Gasteiger partial charge on any atom is 3.00 e. The van der Waals surface area contributed by atoms with Crippen LogP contribution in [0.3, 0.4) is 0 Å². The Balaban J connectivity index is -0.0000000206. The molecule has 0 atom stereocenters. The Kier molecular flexibility index (Phi) is 45.9. The topological polar surface area (TPSA) is 277 Å². The van der Waals surface area contributed by atoms with Gasteiger partial charge >= 0.3 is 173 Å². The van der Waals surface area contributed by atoms with Crippen molar-refractivity contribution in [3.63, 3.8) is 0 Å². The van der Waals surface area contributed by atoms with Gasteiger partial charge in [-0.1, -0.05) is 0 Å². The van der Waals surface area contributed by atoms with Crippen molar-refractivity contribution in [2.24, 2.45) is 0 Å². The molecule has 0 saturated heterocycles. The van der Waals surface area contributed by atoms with E-state index >= 15 is 0 Å². The van der Waals surface area contributed by atoms with Crippen LogP contribution in [0.2, 0.25) is 0 Å². The molecule has 19 heavy (non-hydrogen) atoms. The fraction of sp³-hybridized carbons (Fsp3) is 0. The Morgan fingerprint density at radius 3 is 0.263 bits per heavy atom. The molecular weight excluding hydrogens is 539 g/mol. The number of hydrogen-bond donors (Lipinski definition) is 0. The average molecular weight is 539 g/mol. The summed E-state index contributed by atoms with van der Waals surface area (Å²) in [5.74, 6) is 0. The third kappa shape index (κ3) is 550. The molecule has 12 nitrogen and oxygen atoms in total. The normalized spacial score (nSPS) is 9.47. The van der Waals surface area contributed by atoms with Crippen LogP contribution in [0.4, 0.5) is 0 Å². The second kappa shape index (κ2) is 20.0. The van der Waals surface area contributed by atoms with Crippen LogP contribution in [0.1, 0.15) is 0 Å². The average Bonchev–Trinajstić information content (AvgIpc) is 1.41. The van der Waals surface area contributed by atoms with Crippen LogP contribution in [-0.4, -0.2) is 0 Å². The van der Waals surface area contributed by atoms with E-state index in [4.69, 9.17) is 44.3 Å². The Morgan fingerprint density at radius 1 is 0.263 bits per heavy atom. The molecule has 0 saturated carbocycles. The van der Waals surface area contributed by atoms with Crippen molar-refractivity contribution >= 4 is 0 Å². The van der Waals surface area contributed by atoms with Gasteiger partial charge in [-0.05, 0) is 0 Å². The first kappa shape index (κ1) is 43.5. The van der Waals surface area contributed by atoms with Crippen molar-refractivity contribution in [3.8, 4) is 0 Å². The number of hydrogen-bond acceptors (Lipinski definition) is 12. The molecule has 0 bridgehead atoms. The molecule has 0 aliphatic heterocycles. The quantitative estimate of drug-likeness (QED) is 0.259. The van der Waals surface area contributed by atoms with Gasteiger partial charge in [-0.3, -0.25) is 0 Å². The van der Waals surface area contributed by atoms with Crippen LogP contribution < -0.4 is 44.3 Å². The fourth-order valence-electron chi connectivity index (χ4n) is 0. The minimum absolute atomic E-state index is 0. The van der Waals surface area contributed by atoms with Gasteiger partial charge in [-0.25, -0.2) is 0 Å². The molecule has 0 fully saturated rings. The van der Waals surface area contributed by atoms with Gasteiger partial charge in [0.15, 0.2) is 0 Å². The zero-order valence-electron chi connectivity index (χ0n) is 8.19. The van der Waals surface area contributed by atoms with Gasteiger partial charge in [-0.15, -0.1) is 0 Å². The van der Waals surface area contributed by atoms with Gasteiger partial charge in [0.1, 0.15) is 0 Å². The van der Waals surface area contributed by atoms with E-state index in [9.17, 15) is 0 Å². The van der Waals surface area contributed by atoms with Gasteiger partial charge in [0, 0.05) is 0 Å². The maximum absolute atomic E-state index is 8.62. The van der Waals surface area contributed by atoms with E-state index in [0.717, 1.165) is 0 Å². The third-order valence-corrected chi connectivity index (χ3v) is 0. The zero-order valence-corrected chi connectivity index (χ0v) is 18.5. The predicted molar refractivity (Wildman–Crippen MR) is 0 cm³/mol. The summed E-state index contributed by atoms with van der Waals surface area (Å²) in [4.78, 5) is 0. The molecule has 0 radical (unpaired) electrons. The summed E-state index contributed by atoms with van der Waals surface area (Å²) < 4.78 is 104. The summed E-state index contributed by atoms with van der Waals surface area (Å²) in [6.07, 6.45) is 0. The van der Waals surface area contributed by atoms with Crippen LogP contribution in [0, 0.1) is 0 Å². The molecule has 0 unspecified atom stereocenters. The van der Waals surface area contributed by atoms with Crippen LogP contribution in [0.5, 0.6) is 0 Å². The molecule has 104 valence electrons. The molecule has 19 heteroatoms. The summed E-state index contributed by atoms with van der Waals surface area (Å²) in [6, 6.07) is 0. The molecular formula is O12Ti3V4. The summed E-state index contributed by atoms with van der Waals surface area (Å²) in [5, 5.41) is 0. The second-order valence-corrected chi connectivity index (χ2v) is 6.18. The molecule has 0 aliphatic carbocycles. The maximum atomic E-state index is 8.62. The summed E-state index contributed by atoms with van der Waals surface area (Å²) in [7, 11) is 0. The van der Waals surface area contributed by atoms with Crippen LogP contribution in [-0.2, 0) is 129 Å². The van der Waals surface area contributed by atoms with Gasteiger partial charge in [0.25, 0.3) is 0 Å². The summed E-state index contributed by atoms with van der Waals surface area (Å²) >= 11 is -18.0. The van der Waals surface area contributed by atoms with Crippen LogP contribution in [0.15, 0.2) is 0 Å². The molecule has 0 aromatic heterocycles. The minimum atomic E-state index is -6.00. The van der Waals surface area contributed by atoms with E-state index in [0.29, 0.717) is 0 Å². The van der Waals surface area contributed by atoms with Crippen LogP contribution >= 0.6 is 0 Å². The first-order chi connectivity index (χ1) is 6.00. The predicted octanol–water partition coefficient (Wildman–Crippen LogP) is -14.3. The first-order valence-corrected chi connectivity index (χ1v) is 10.1. The molecule has 0 N–H and O–H groups in total.